The number of nitrogens with zero attached hydrogens (tertiary/aromatic N) is 2. The second kappa shape index (κ2) is 7.55. The monoisotopic (exact) mass is 346 g/mol. The van der Waals surface area contributed by atoms with Gasteiger partial charge in [-0.1, -0.05) is 13.3 Å². The van der Waals surface area contributed by atoms with Crippen molar-refractivity contribution in [3.63, 3.8) is 0 Å². The Hall–Kier alpha value is -2.25. The molecule has 0 fully saturated rings. The van der Waals surface area contributed by atoms with Crippen molar-refractivity contribution in [3.8, 4) is 17.1 Å². The van der Waals surface area contributed by atoms with E-state index in [-0.39, 0.29) is 0 Å². The van der Waals surface area contributed by atoms with Gasteiger partial charge in [-0.05, 0) is 36.2 Å². The maximum absolute atomic E-state index is 13.2. The van der Waals surface area contributed by atoms with Crippen LogP contribution in [0.4, 0.5) is 22.0 Å². The first-order chi connectivity index (χ1) is 11.3. The summed E-state index contributed by atoms with van der Waals surface area (Å²) in [6.07, 6.45) is -7.02. The summed E-state index contributed by atoms with van der Waals surface area (Å²) in [5.74, 6) is -0.0567. The Labute approximate surface area is 135 Å². The fourth-order valence-corrected chi connectivity index (χ4v) is 1.95. The third-order valence-corrected chi connectivity index (χ3v) is 3.15. The highest BCUT2D eigenvalue weighted by Crippen LogP contribution is 2.30. The molecule has 8 heteroatoms. The molecule has 0 aliphatic carbocycles. The van der Waals surface area contributed by atoms with Gasteiger partial charge < -0.3 is 4.74 Å². The van der Waals surface area contributed by atoms with E-state index in [0.717, 1.165) is 30.5 Å². The molecule has 0 aliphatic heterocycles. The van der Waals surface area contributed by atoms with Gasteiger partial charge in [0, 0.05) is 18.0 Å². The average molecular weight is 346 g/mol. The normalized spacial score (nSPS) is 13.1. The molecule has 3 nitrogen and oxygen atoms in total. The van der Waals surface area contributed by atoms with Crippen LogP contribution in [0.15, 0.2) is 36.7 Å². The number of hydrogen-bond donors (Lipinski definition) is 0. The minimum absolute atomic E-state index is 0.379. The van der Waals surface area contributed by atoms with Gasteiger partial charge in [-0.25, -0.2) is 23.1 Å². The van der Waals surface area contributed by atoms with Crippen LogP contribution in [0.1, 0.15) is 18.9 Å². The fraction of sp³-hybridized carbons (Fsp3) is 0.375. The zero-order valence-electron chi connectivity index (χ0n) is 12.7. The SMILES string of the molecule is CCCc1cnc(-c2ccc(OC(F)(F)C(F)C(F)F)cc2)nc1. The van der Waals surface area contributed by atoms with Crippen LogP contribution in [-0.4, -0.2) is 28.7 Å². The molecule has 1 unspecified atom stereocenters. The number of aromatic nitrogens is 2. The first-order valence-corrected chi connectivity index (χ1v) is 7.24. The van der Waals surface area contributed by atoms with Gasteiger partial charge in [0.25, 0.3) is 12.6 Å². The number of benzene rings is 1. The largest absolute Gasteiger partial charge is 0.435 e. The predicted octanol–water partition coefficient (Wildman–Crippen LogP) is 4.67. The molecule has 2 aromatic rings. The molecule has 0 saturated heterocycles. The molecule has 24 heavy (non-hydrogen) atoms. The van der Waals surface area contributed by atoms with E-state index in [1.807, 2.05) is 6.92 Å². The minimum Gasteiger partial charge on any atom is -0.430 e. The summed E-state index contributed by atoms with van der Waals surface area (Å²) in [4.78, 5) is 8.33. The maximum atomic E-state index is 13.2. The van der Waals surface area contributed by atoms with Crippen molar-refractivity contribution in [2.75, 3.05) is 0 Å². The van der Waals surface area contributed by atoms with E-state index in [9.17, 15) is 22.0 Å². The number of hydrogen-bond acceptors (Lipinski definition) is 3. The summed E-state index contributed by atoms with van der Waals surface area (Å²) < 4.78 is 67.3. The van der Waals surface area contributed by atoms with Gasteiger partial charge in [0.15, 0.2) is 5.82 Å². The number of alkyl halides is 5. The quantitative estimate of drug-likeness (QED) is 0.684. The first kappa shape index (κ1) is 18.1. The van der Waals surface area contributed by atoms with Crippen LogP contribution < -0.4 is 4.74 Å². The summed E-state index contributed by atoms with van der Waals surface area (Å²) in [6, 6.07) is 5.00. The van der Waals surface area contributed by atoms with Gasteiger partial charge >= 0.3 is 6.11 Å². The van der Waals surface area contributed by atoms with Gasteiger partial charge in [0.1, 0.15) is 5.75 Å². The second-order valence-corrected chi connectivity index (χ2v) is 5.09. The van der Waals surface area contributed by atoms with E-state index in [0.29, 0.717) is 11.4 Å². The lowest BCUT2D eigenvalue weighted by Gasteiger charge is -2.20. The molecule has 0 aliphatic rings. The van der Waals surface area contributed by atoms with Crippen molar-refractivity contribution in [2.45, 2.75) is 38.5 Å². The topological polar surface area (TPSA) is 35.0 Å². The summed E-state index contributed by atoms with van der Waals surface area (Å²) in [5.41, 5.74) is 1.50. The number of aryl methyl sites for hydroxylation is 1. The first-order valence-electron chi connectivity index (χ1n) is 7.24. The lowest BCUT2D eigenvalue weighted by Crippen LogP contribution is -2.40. The van der Waals surface area contributed by atoms with Crippen molar-refractivity contribution < 1.29 is 26.7 Å². The highest BCUT2D eigenvalue weighted by molar-refractivity contribution is 5.55. The molecule has 0 N–H and O–H groups in total. The molecule has 1 heterocycles. The molecule has 1 atom stereocenters. The van der Waals surface area contributed by atoms with E-state index in [1.54, 1.807) is 12.4 Å². The molecule has 0 bridgehead atoms. The molecule has 1 aromatic heterocycles. The summed E-state index contributed by atoms with van der Waals surface area (Å²) in [7, 11) is 0. The van der Waals surface area contributed by atoms with Crippen LogP contribution in [0.2, 0.25) is 0 Å². The number of ether oxygens (including phenoxy) is 1. The summed E-state index contributed by atoms with van der Waals surface area (Å²) in [5, 5.41) is 0. The summed E-state index contributed by atoms with van der Waals surface area (Å²) in [6.45, 7) is 2.03. The van der Waals surface area contributed by atoms with Crippen molar-refractivity contribution >= 4 is 0 Å². The molecule has 130 valence electrons. The third kappa shape index (κ3) is 4.39. The van der Waals surface area contributed by atoms with Crippen molar-refractivity contribution in [3.05, 3.63) is 42.2 Å². The van der Waals surface area contributed by atoms with Crippen LogP contribution in [0.5, 0.6) is 5.75 Å². The van der Waals surface area contributed by atoms with Crippen LogP contribution in [0.25, 0.3) is 11.4 Å². The zero-order valence-corrected chi connectivity index (χ0v) is 12.7. The second-order valence-electron chi connectivity index (χ2n) is 5.09. The molecular weight excluding hydrogens is 331 g/mol. The van der Waals surface area contributed by atoms with E-state index < -0.39 is 24.5 Å². The molecule has 2 rings (SSSR count). The highest BCUT2D eigenvalue weighted by atomic mass is 19.3. The van der Waals surface area contributed by atoms with Crippen LogP contribution in [0.3, 0.4) is 0 Å². The average Bonchev–Trinajstić information content (AvgIpc) is 2.55. The Morgan fingerprint density at radius 2 is 1.62 bits per heavy atom. The van der Waals surface area contributed by atoms with E-state index in [2.05, 4.69) is 14.7 Å². The van der Waals surface area contributed by atoms with E-state index >= 15 is 0 Å². The molecule has 0 radical (unpaired) electrons. The van der Waals surface area contributed by atoms with Gasteiger partial charge in [0.2, 0.25) is 0 Å². The summed E-state index contributed by atoms with van der Waals surface area (Å²) >= 11 is 0. The molecule has 0 amide bonds. The Bertz CT molecular complexity index is 647. The molecule has 1 aromatic carbocycles. The number of halogens is 5. The fourth-order valence-electron chi connectivity index (χ4n) is 1.95. The van der Waals surface area contributed by atoms with E-state index in [1.165, 1.54) is 12.1 Å². The van der Waals surface area contributed by atoms with Gasteiger partial charge in [-0.15, -0.1) is 0 Å². The zero-order chi connectivity index (χ0) is 17.7. The Kier molecular flexibility index (Phi) is 5.69. The van der Waals surface area contributed by atoms with Crippen molar-refractivity contribution in [2.24, 2.45) is 0 Å². The third-order valence-electron chi connectivity index (χ3n) is 3.15. The minimum atomic E-state index is -4.62. The lowest BCUT2D eigenvalue weighted by molar-refractivity contribution is -0.244. The van der Waals surface area contributed by atoms with Crippen LogP contribution in [-0.2, 0) is 6.42 Å². The van der Waals surface area contributed by atoms with Gasteiger partial charge in [-0.3, -0.25) is 0 Å². The Balaban J connectivity index is 2.10. The van der Waals surface area contributed by atoms with Crippen LogP contribution in [0, 0.1) is 0 Å². The molecule has 0 saturated carbocycles. The smallest absolute Gasteiger partial charge is 0.430 e. The Morgan fingerprint density at radius 1 is 1.04 bits per heavy atom. The maximum Gasteiger partial charge on any atom is 0.435 e. The van der Waals surface area contributed by atoms with Gasteiger partial charge in [0.05, 0.1) is 0 Å². The van der Waals surface area contributed by atoms with Crippen molar-refractivity contribution in [1.29, 1.82) is 0 Å². The van der Waals surface area contributed by atoms with E-state index in [4.69, 9.17) is 0 Å². The standard InChI is InChI=1S/C16H15F5N2O/c1-2-3-10-8-22-15(23-9-10)11-4-6-12(7-5-11)24-16(20,21)13(17)14(18)19/h4-9,13-14H,2-3H2,1H3. The molecular formula is C16H15F5N2O. The molecule has 0 spiro atoms. The van der Waals surface area contributed by atoms with Crippen LogP contribution >= 0.6 is 0 Å². The van der Waals surface area contributed by atoms with Gasteiger partial charge in [-0.2, -0.15) is 8.78 Å². The lowest BCUT2D eigenvalue weighted by atomic mass is 10.2. The Morgan fingerprint density at radius 3 is 2.12 bits per heavy atom. The number of rotatable bonds is 7. The van der Waals surface area contributed by atoms with Crippen molar-refractivity contribution in [1.82, 2.24) is 9.97 Å². The highest BCUT2D eigenvalue weighted by Gasteiger charge is 2.49. The predicted molar refractivity (Wildman–Crippen MR) is 77.9 cm³/mol.